The van der Waals surface area contributed by atoms with Gasteiger partial charge in [-0.3, -0.25) is 0 Å². The minimum atomic E-state index is -1.30. The van der Waals surface area contributed by atoms with Gasteiger partial charge in [0.2, 0.25) is 5.88 Å². The van der Waals surface area contributed by atoms with E-state index in [2.05, 4.69) is 4.98 Å². The smallest absolute Gasteiger partial charge is 0.481 e. The van der Waals surface area contributed by atoms with E-state index in [1.807, 2.05) is 0 Å². The number of methoxy groups -OCH3 is 1. The third-order valence-corrected chi connectivity index (χ3v) is 3.39. The second-order valence-electron chi connectivity index (χ2n) is 5.29. The third kappa shape index (κ3) is 3.83. The Labute approximate surface area is 118 Å². The number of rotatable bonds is 5. The Bertz CT molecular complexity index is 448. The Morgan fingerprint density at radius 1 is 1.32 bits per heavy atom. The van der Waals surface area contributed by atoms with Gasteiger partial charge in [0, 0.05) is 11.7 Å². The predicted molar refractivity (Wildman–Crippen MR) is 74.9 cm³/mol. The summed E-state index contributed by atoms with van der Waals surface area (Å²) in [5, 5.41) is 20.5. The maximum atomic E-state index is 10.1. The molecule has 0 aromatic carbocycles. The van der Waals surface area contributed by atoms with Crippen molar-refractivity contribution in [2.75, 3.05) is 7.11 Å². The van der Waals surface area contributed by atoms with E-state index in [1.54, 1.807) is 27.7 Å². The lowest BCUT2D eigenvalue weighted by Gasteiger charge is -2.38. The van der Waals surface area contributed by atoms with Crippen LogP contribution in [0.1, 0.15) is 27.7 Å². The van der Waals surface area contributed by atoms with Crippen LogP contribution in [-0.2, 0) is 4.65 Å². The molecule has 5 nitrogen and oxygen atoms in total. The summed E-state index contributed by atoms with van der Waals surface area (Å²) in [6.07, 6.45) is 1.41. The highest BCUT2D eigenvalue weighted by Gasteiger charge is 2.40. The van der Waals surface area contributed by atoms with Crippen molar-refractivity contribution in [1.29, 1.82) is 0 Å². The van der Waals surface area contributed by atoms with Crippen molar-refractivity contribution < 1.29 is 19.5 Å². The number of ether oxygens (including phenoxy) is 1. The van der Waals surface area contributed by atoms with Crippen molar-refractivity contribution in [2.45, 2.75) is 38.9 Å². The van der Waals surface area contributed by atoms with Crippen molar-refractivity contribution >= 4 is 24.2 Å². The van der Waals surface area contributed by atoms with Crippen LogP contribution < -0.4 is 10.2 Å². The van der Waals surface area contributed by atoms with Gasteiger partial charge in [-0.15, -0.1) is 0 Å². The fourth-order valence-corrected chi connectivity index (χ4v) is 1.44. The van der Waals surface area contributed by atoms with Gasteiger partial charge in [0.15, 0.2) is 0 Å². The Kier molecular flexibility index (Phi) is 4.84. The molecule has 0 aliphatic rings. The normalized spacial score (nSPS) is 12.4. The summed E-state index contributed by atoms with van der Waals surface area (Å²) in [5.41, 5.74) is -1.79. The summed E-state index contributed by atoms with van der Waals surface area (Å²) in [5.74, 6) is 0.225. The molecule has 0 amide bonds. The van der Waals surface area contributed by atoms with E-state index in [1.165, 1.54) is 19.4 Å². The summed E-state index contributed by atoms with van der Waals surface area (Å²) in [7, 11) is 0.135. The van der Waals surface area contributed by atoms with Gasteiger partial charge in [-0.05, 0) is 33.8 Å². The fourth-order valence-electron chi connectivity index (χ4n) is 1.28. The molecule has 0 saturated carbocycles. The van der Waals surface area contributed by atoms with Gasteiger partial charge in [0.05, 0.1) is 23.3 Å². The average molecular weight is 288 g/mol. The molecule has 2 N–H and O–H groups in total. The molecule has 0 radical (unpaired) electrons. The number of nitrogens with zero attached hydrogens (tertiary/aromatic N) is 1. The average Bonchev–Trinajstić information content (AvgIpc) is 2.26. The van der Waals surface area contributed by atoms with E-state index in [9.17, 15) is 10.1 Å². The zero-order valence-corrected chi connectivity index (χ0v) is 12.5. The molecule has 0 unspecified atom stereocenters. The van der Waals surface area contributed by atoms with Gasteiger partial charge < -0.3 is 19.5 Å². The highest BCUT2D eigenvalue weighted by molar-refractivity contribution is 6.61. The summed E-state index contributed by atoms with van der Waals surface area (Å²) in [6, 6.07) is 1.51. The van der Waals surface area contributed by atoms with Crippen molar-refractivity contribution in [1.82, 2.24) is 4.98 Å². The third-order valence-electron chi connectivity index (χ3n) is 3.18. The Morgan fingerprint density at radius 3 is 2.37 bits per heavy atom. The summed E-state index contributed by atoms with van der Waals surface area (Å²) < 4.78 is 10.6. The first-order valence-electron chi connectivity index (χ1n) is 5.86. The standard InChI is InChI=1S/C12H19BClNO4/c1-11(2,16)12(3,4)19-13(17)9-6-8(14)7-15-10(9)18-5/h6-7,16-17H,1-5H3. The van der Waals surface area contributed by atoms with Gasteiger partial charge in [-0.1, -0.05) is 11.6 Å². The van der Waals surface area contributed by atoms with Gasteiger partial charge in [0.25, 0.3) is 0 Å². The largest absolute Gasteiger partial charge is 0.497 e. The molecule has 0 fully saturated rings. The number of hydrogen-bond donors (Lipinski definition) is 2. The van der Waals surface area contributed by atoms with E-state index in [4.69, 9.17) is 21.0 Å². The van der Waals surface area contributed by atoms with Crippen LogP contribution in [0.15, 0.2) is 12.3 Å². The van der Waals surface area contributed by atoms with Crippen molar-refractivity contribution in [3.05, 3.63) is 17.3 Å². The van der Waals surface area contributed by atoms with Crippen molar-refractivity contribution in [2.24, 2.45) is 0 Å². The van der Waals surface area contributed by atoms with Gasteiger partial charge in [-0.2, -0.15) is 0 Å². The molecule has 19 heavy (non-hydrogen) atoms. The molecule has 1 rings (SSSR count). The van der Waals surface area contributed by atoms with Crippen LogP contribution in [0, 0.1) is 0 Å². The minimum Gasteiger partial charge on any atom is -0.481 e. The second kappa shape index (κ2) is 5.67. The Morgan fingerprint density at radius 2 is 1.89 bits per heavy atom. The van der Waals surface area contributed by atoms with E-state index < -0.39 is 18.3 Å². The quantitative estimate of drug-likeness (QED) is 0.791. The first kappa shape index (κ1) is 16.2. The molecule has 0 atom stereocenters. The SMILES string of the molecule is COc1ncc(Cl)cc1B(O)OC(C)(C)C(C)(C)O. The molecule has 0 spiro atoms. The van der Waals surface area contributed by atoms with E-state index in [0.29, 0.717) is 10.5 Å². The van der Waals surface area contributed by atoms with Crippen molar-refractivity contribution in [3.63, 3.8) is 0 Å². The molecule has 1 aromatic heterocycles. The Balaban J connectivity index is 3.01. The minimum absolute atomic E-state index is 0.225. The van der Waals surface area contributed by atoms with Crippen LogP contribution in [0.3, 0.4) is 0 Å². The number of pyridine rings is 1. The number of halogens is 1. The lowest BCUT2D eigenvalue weighted by atomic mass is 9.77. The van der Waals surface area contributed by atoms with Crippen LogP contribution in [0.2, 0.25) is 5.02 Å². The molecule has 106 valence electrons. The summed E-state index contributed by atoms with van der Waals surface area (Å²) >= 11 is 5.84. The molecular formula is C12H19BClNO4. The van der Waals surface area contributed by atoms with Crippen LogP contribution in [0.4, 0.5) is 0 Å². The highest BCUT2D eigenvalue weighted by Crippen LogP contribution is 2.26. The second-order valence-corrected chi connectivity index (χ2v) is 5.73. The topological polar surface area (TPSA) is 71.8 Å². The molecule has 1 heterocycles. The molecule has 1 aromatic rings. The number of aliphatic hydroxyl groups is 1. The van der Waals surface area contributed by atoms with Crippen molar-refractivity contribution in [3.8, 4) is 5.88 Å². The molecule has 0 bridgehead atoms. The van der Waals surface area contributed by atoms with E-state index in [-0.39, 0.29) is 5.88 Å². The van der Waals surface area contributed by atoms with E-state index in [0.717, 1.165) is 0 Å². The zero-order chi connectivity index (χ0) is 14.8. The van der Waals surface area contributed by atoms with Crippen LogP contribution in [0.5, 0.6) is 5.88 Å². The van der Waals surface area contributed by atoms with Gasteiger partial charge >= 0.3 is 7.12 Å². The van der Waals surface area contributed by atoms with Gasteiger partial charge in [0.1, 0.15) is 0 Å². The van der Waals surface area contributed by atoms with Gasteiger partial charge in [-0.25, -0.2) is 4.98 Å². The summed E-state index contributed by atoms with van der Waals surface area (Å²) in [4.78, 5) is 3.95. The number of aromatic nitrogens is 1. The monoisotopic (exact) mass is 287 g/mol. The zero-order valence-electron chi connectivity index (χ0n) is 11.8. The lowest BCUT2D eigenvalue weighted by molar-refractivity contribution is -0.0983. The fraction of sp³-hybridized carbons (Fsp3) is 0.583. The molecule has 0 aliphatic carbocycles. The first-order chi connectivity index (χ1) is 8.58. The maximum absolute atomic E-state index is 10.1. The maximum Gasteiger partial charge on any atom is 0.497 e. The molecule has 0 aliphatic heterocycles. The number of hydrogen-bond acceptors (Lipinski definition) is 5. The van der Waals surface area contributed by atoms with Crippen LogP contribution in [0.25, 0.3) is 0 Å². The van der Waals surface area contributed by atoms with E-state index >= 15 is 0 Å². The first-order valence-corrected chi connectivity index (χ1v) is 6.24. The van der Waals surface area contributed by atoms with Crippen LogP contribution in [-0.4, -0.2) is 40.5 Å². The molecule has 7 heteroatoms. The highest BCUT2D eigenvalue weighted by atomic mass is 35.5. The molecule has 0 saturated heterocycles. The molecular weight excluding hydrogens is 268 g/mol. The summed E-state index contributed by atoms with van der Waals surface area (Å²) in [6.45, 7) is 6.57. The lowest BCUT2D eigenvalue weighted by Crippen LogP contribution is -2.53. The predicted octanol–water partition coefficient (Wildman–Crippen LogP) is 0.997. The van der Waals surface area contributed by atoms with Crippen LogP contribution >= 0.6 is 11.6 Å². The Hall–Kier alpha value is -0.815.